The Morgan fingerprint density at radius 1 is 1.17 bits per heavy atom. The van der Waals surface area contributed by atoms with E-state index in [9.17, 15) is 9.90 Å². The van der Waals surface area contributed by atoms with Crippen molar-refractivity contribution < 1.29 is 9.90 Å². The van der Waals surface area contributed by atoms with E-state index in [1.165, 1.54) is 6.20 Å². The van der Waals surface area contributed by atoms with Gasteiger partial charge in [-0.15, -0.1) is 0 Å². The molecule has 2 aromatic rings. The topological polar surface area (TPSA) is 94.5 Å². The summed E-state index contributed by atoms with van der Waals surface area (Å²) in [4.78, 5) is 30.0. The van der Waals surface area contributed by atoms with Crippen LogP contribution in [0.1, 0.15) is 25.7 Å². The number of amides is 1. The number of nitrogens with one attached hydrogen (secondary N) is 1. The Labute approximate surface area is 174 Å². The summed E-state index contributed by atoms with van der Waals surface area (Å²) in [5.41, 5.74) is 0. The number of aromatic nitrogens is 3. The summed E-state index contributed by atoms with van der Waals surface area (Å²) >= 11 is 5.85. The maximum Gasteiger partial charge on any atom is 0.230 e. The molecule has 1 amide bonds. The van der Waals surface area contributed by atoms with Crippen LogP contribution in [0.5, 0.6) is 0 Å². The molecule has 0 spiro atoms. The number of carbonyl (C=O) groups is 1. The van der Waals surface area contributed by atoms with Gasteiger partial charge in [0.15, 0.2) is 0 Å². The van der Waals surface area contributed by atoms with Gasteiger partial charge >= 0.3 is 0 Å². The number of piperidine rings is 1. The zero-order valence-corrected chi connectivity index (χ0v) is 16.9. The van der Waals surface area contributed by atoms with Crippen molar-refractivity contribution >= 4 is 35.0 Å². The molecule has 0 bridgehead atoms. The van der Waals surface area contributed by atoms with E-state index in [-0.39, 0.29) is 24.5 Å². The molecule has 0 saturated carbocycles. The monoisotopic (exact) mass is 416 g/mol. The molecule has 29 heavy (non-hydrogen) atoms. The number of hydrogen-bond donors (Lipinski definition) is 2. The van der Waals surface area contributed by atoms with Gasteiger partial charge < -0.3 is 20.2 Å². The first kappa shape index (κ1) is 19.8. The van der Waals surface area contributed by atoms with Crippen LogP contribution in [0.4, 0.5) is 17.5 Å². The minimum Gasteiger partial charge on any atom is -0.394 e. The number of halogens is 1. The first-order chi connectivity index (χ1) is 14.1. The fraction of sp³-hybridized carbons (Fsp3) is 0.500. The molecule has 2 aliphatic rings. The third-order valence-electron chi connectivity index (χ3n) is 5.62. The average molecular weight is 417 g/mol. The van der Waals surface area contributed by atoms with Gasteiger partial charge in [-0.1, -0.05) is 11.6 Å². The normalized spacial score (nSPS) is 22.0. The molecule has 2 unspecified atom stereocenters. The average Bonchev–Trinajstić information content (AvgIpc) is 3.24. The standard InChI is InChI=1S/C20H25ClN6O2/c21-15-5-6-17(22-10-15)25-20(29)14-3-1-7-26(11-14)18-9-19(24-13-23-18)27-8-2-4-16(27)12-28/h5-6,9-10,13-14,16,28H,1-4,7-8,11-12H2,(H,22,25,29). The molecule has 2 aliphatic heterocycles. The van der Waals surface area contributed by atoms with Crippen LogP contribution in [-0.2, 0) is 4.79 Å². The summed E-state index contributed by atoms with van der Waals surface area (Å²) in [5.74, 6) is 1.98. The van der Waals surface area contributed by atoms with Gasteiger partial charge in [0.05, 0.1) is 23.6 Å². The maximum atomic E-state index is 12.7. The highest BCUT2D eigenvalue weighted by Crippen LogP contribution is 2.28. The van der Waals surface area contributed by atoms with E-state index in [1.54, 1.807) is 18.5 Å². The van der Waals surface area contributed by atoms with Crippen molar-refractivity contribution in [3.05, 3.63) is 35.7 Å². The Morgan fingerprint density at radius 2 is 2.00 bits per heavy atom. The molecule has 2 N–H and O–H groups in total. The summed E-state index contributed by atoms with van der Waals surface area (Å²) in [7, 11) is 0. The van der Waals surface area contributed by atoms with Crippen LogP contribution in [0.25, 0.3) is 0 Å². The van der Waals surface area contributed by atoms with Crippen molar-refractivity contribution in [3.8, 4) is 0 Å². The Morgan fingerprint density at radius 3 is 2.79 bits per heavy atom. The number of carbonyl (C=O) groups excluding carboxylic acids is 1. The minimum absolute atomic E-state index is 0.0429. The number of rotatable bonds is 5. The lowest BCUT2D eigenvalue weighted by molar-refractivity contribution is -0.120. The highest BCUT2D eigenvalue weighted by atomic mass is 35.5. The van der Waals surface area contributed by atoms with Gasteiger partial charge in [-0.2, -0.15) is 0 Å². The molecule has 2 saturated heterocycles. The molecule has 9 heteroatoms. The smallest absolute Gasteiger partial charge is 0.230 e. The predicted octanol–water partition coefficient (Wildman–Crippen LogP) is 2.34. The first-order valence-corrected chi connectivity index (χ1v) is 10.4. The number of aliphatic hydroxyl groups excluding tert-OH is 1. The lowest BCUT2D eigenvalue weighted by Crippen LogP contribution is -2.41. The number of pyridine rings is 1. The Bertz CT molecular complexity index is 849. The van der Waals surface area contributed by atoms with E-state index in [2.05, 4.69) is 30.1 Å². The zero-order chi connectivity index (χ0) is 20.2. The molecule has 4 rings (SSSR count). The van der Waals surface area contributed by atoms with Crippen LogP contribution in [0, 0.1) is 5.92 Å². The second kappa shape index (κ2) is 8.92. The summed E-state index contributed by atoms with van der Waals surface area (Å²) in [6, 6.07) is 5.49. The van der Waals surface area contributed by atoms with E-state index in [0.717, 1.165) is 50.4 Å². The molecule has 2 aromatic heterocycles. The number of anilines is 3. The predicted molar refractivity (Wildman–Crippen MR) is 112 cm³/mol. The van der Waals surface area contributed by atoms with Gasteiger partial charge in [-0.25, -0.2) is 15.0 Å². The van der Waals surface area contributed by atoms with E-state index in [1.807, 2.05) is 6.07 Å². The van der Waals surface area contributed by atoms with E-state index < -0.39 is 0 Å². The summed E-state index contributed by atoms with van der Waals surface area (Å²) in [6.45, 7) is 2.47. The number of hydrogen-bond acceptors (Lipinski definition) is 7. The van der Waals surface area contributed by atoms with E-state index >= 15 is 0 Å². The fourth-order valence-electron chi connectivity index (χ4n) is 4.07. The van der Waals surface area contributed by atoms with Crippen LogP contribution in [-0.4, -0.2) is 58.2 Å². The molecular formula is C20H25ClN6O2. The number of nitrogens with zero attached hydrogens (tertiary/aromatic N) is 5. The third kappa shape index (κ3) is 4.59. The molecule has 0 aromatic carbocycles. The van der Waals surface area contributed by atoms with Crippen LogP contribution >= 0.6 is 11.6 Å². The Kier molecular flexibility index (Phi) is 6.10. The molecule has 2 fully saturated rings. The van der Waals surface area contributed by atoms with Gasteiger partial charge in [-0.05, 0) is 37.8 Å². The van der Waals surface area contributed by atoms with Crippen LogP contribution < -0.4 is 15.1 Å². The summed E-state index contributed by atoms with van der Waals surface area (Å²) < 4.78 is 0. The lowest BCUT2D eigenvalue weighted by Gasteiger charge is -2.33. The van der Waals surface area contributed by atoms with Gasteiger partial charge in [0.2, 0.25) is 5.91 Å². The third-order valence-corrected chi connectivity index (χ3v) is 5.84. The molecule has 154 valence electrons. The first-order valence-electron chi connectivity index (χ1n) is 10.0. The molecule has 0 aliphatic carbocycles. The zero-order valence-electron chi connectivity index (χ0n) is 16.2. The number of aliphatic hydroxyl groups is 1. The van der Waals surface area contributed by atoms with Crippen molar-refractivity contribution in [1.29, 1.82) is 0 Å². The van der Waals surface area contributed by atoms with Crippen molar-refractivity contribution in [2.24, 2.45) is 5.92 Å². The van der Waals surface area contributed by atoms with Crippen molar-refractivity contribution in [2.45, 2.75) is 31.7 Å². The Balaban J connectivity index is 1.43. The maximum absolute atomic E-state index is 12.7. The largest absolute Gasteiger partial charge is 0.394 e. The quantitative estimate of drug-likeness (QED) is 0.772. The molecule has 8 nitrogen and oxygen atoms in total. The lowest BCUT2D eigenvalue weighted by atomic mass is 9.97. The van der Waals surface area contributed by atoms with Crippen molar-refractivity contribution in [2.75, 3.05) is 41.4 Å². The fourth-order valence-corrected chi connectivity index (χ4v) is 4.18. The van der Waals surface area contributed by atoms with Gasteiger partial charge in [0.1, 0.15) is 23.8 Å². The second-order valence-corrected chi connectivity index (χ2v) is 7.98. The molecular weight excluding hydrogens is 392 g/mol. The van der Waals surface area contributed by atoms with Gasteiger partial charge in [0.25, 0.3) is 0 Å². The summed E-state index contributed by atoms with van der Waals surface area (Å²) in [5, 5.41) is 13.0. The van der Waals surface area contributed by atoms with Crippen LogP contribution in [0.15, 0.2) is 30.7 Å². The SMILES string of the molecule is O=C(Nc1ccc(Cl)cn1)C1CCCN(c2cc(N3CCCC3CO)ncn2)C1. The highest BCUT2D eigenvalue weighted by molar-refractivity contribution is 6.30. The molecule has 4 heterocycles. The summed E-state index contributed by atoms with van der Waals surface area (Å²) in [6.07, 6.45) is 6.85. The van der Waals surface area contributed by atoms with Crippen molar-refractivity contribution in [1.82, 2.24) is 15.0 Å². The Hall–Kier alpha value is -2.45. The molecule has 2 atom stereocenters. The van der Waals surface area contributed by atoms with Crippen LogP contribution in [0.2, 0.25) is 5.02 Å². The second-order valence-electron chi connectivity index (χ2n) is 7.54. The van der Waals surface area contributed by atoms with Crippen LogP contribution in [0.3, 0.4) is 0 Å². The molecule has 0 radical (unpaired) electrons. The minimum atomic E-state index is -0.142. The van der Waals surface area contributed by atoms with Gasteiger partial charge in [-0.3, -0.25) is 4.79 Å². The highest BCUT2D eigenvalue weighted by Gasteiger charge is 2.29. The van der Waals surface area contributed by atoms with E-state index in [0.29, 0.717) is 17.4 Å². The van der Waals surface area contributed by atoms with Crippen molar-refractivity contribution in [3.63, 3.8) is 0 Å². The van der Waals surface area contributed by atoms with Gasteiger partial charge in [0, 0.05) is 31.9 Å². The van der Waals surface area contributed by atoms with E-state index in [4.69, 9.17) is 11.6 Å².